The highest BCUT2D eigenvalue weighted by atomic mass is 15.2. The lowest BCUT2D eigenvalue weighted by molar-refractivity contribution is 1.07. The number of nitrogens with zero attached hydrogens (tertiary/aromatic N) is 6. The number of para-hydroxylation sites is 4. The van der Waals surface area contributed by atoms with E-state index in [4.69, 9.17) is 15.0 Å². The Morgan fingerprint density at radius 1 is 0.175 bits per heavy atom. The Kier molecular flexibility index (Phi) is 11.0. The summed E-state index contributed by atoms with van der Waals surface area (Å²) in [5.41, 5.74) is 12.2. The van der Waals surface area contributed by atoms with E-state index in [2.05, 4.69) is 185 Å². The third-order valence-corrected chi connectivity index (χ3v) is 10.9. The summed E-state index contributed by atoms with van der Waals surface area (Å²) >= 11 is 0. The minimum absolute atomic E-state index is 0.610. The van der Waals surface area contributed by atoms with Crippen LogP contribution in [0.5, 0.6) is 0 Å². The van der Waals surface area contributed by atoms with Crippen LogP contribution in [0, 0.1) is 0 Å². The minimum Gasteiger partial charge on any atom is -0.311 e. The molecule has 63 heavy (non-hydrogen) atoms. The molecule has 1 heterocycles. The Labute approximate surface area is 368 Å². The summed E-state index contributed by atoms with van der Waals surface area (Å²) in [6.45, 7) is 0. The van der Waals surface area contributed by atoms with E-state index >= 15 is 0 Å². The fourth-order valence-corrected chi connectivity index (χ4v) is 7.85. The number of anilines is 9. The fraction of sp³-hybridized carbons (Fsp3) is 0. The van der Waals surface area contributed by atoms with Crippen molar-refractivity contribution in [1.82, 2.24) is 15.0 Å². The summed E-state index contributed by atoms with van der Waals surface area (Å²) in [5, 5.41) is 0. The van der Waals surface area contributed by atoms with Crippen molar-refractivity contribution in [2.75, 3.05) is 14.7 Å². The normalized spacial score (nSPS) is 10.9. The molecule has 6 heteroatoms. The maximum Gasteiger partial charge on any atom is 0.164 e. The minimum atomic E-state index is 0.610. The lowest BCUT2D eigenvalue weighted by atomic mass is 10.1. The monoisotopic (exact) mass is 810 g/mol. The molecule has 0 spiro atoms. The Morgan fingerprint density at radius 2 is 0.349 bits per heavy atom. The average molecular weight is 811 g/mol. The van der Waals surface area contributed by atoms with Crippen LogP contribution < -0.4 is 14.7 Å². The number of hydrogen-bond donors (Lipinski definition) is 0. The largest absolute Gasteiger partial charge is 0.311 e. The first-order valence-corrected chi connectivity index (χ1v) is 21.0. The molecule has 0 unspecified atom stereocenters. The molecule has 0 N–H and O–H groups in total. The third-order valence-electron chi connectivity index (χ3n) is 10.9. The van der Waals surface area contributed by atoms with E-state index in [0.717, 1.165) is 67.9 Å². The summed E-state index contributed by atoms with van der Waals surface area (Å²) in [5.74, 6) is 1.87. The van der Waals surface area contributed by atoms with Crippen LogP contribution in [0.25, 0.3) is 34.2 Å². The molecule has 0 radical (unpaired) electrons. The van der Waals surface area contributed by atoms with Gasteiger partial charge < -0.3 is 14.7 Å². The van der Waals surface area contributed by atoms with Crippen LogP contribution in [0.15, 0.2) is 255 Å². The topological polar surface area (TPSA) is 48.4 Å². The zero-order chi connectivity index (χ0) is 42.2. The summed E-state index contributed by atoms with van der Waals surface area (Å²) in [6, 6.07) is 88.1. The van der Waals surface area contributed by atoms with Gasteiger partial charge in [-0.15, -0.1) is 0 Å². The van der Waals surface area contributed by atoms with Gasteiger partial charge in [0, 0.05) is 67.9 Å². The standard InChI is InChI=1S/C57H42N6/c1-7-19-43(20-8-1)55-58-56(44-21-9-2-10-22-44)60-57(59-55)45-31-33-50(34-32-45)63(53-39-35-51(36-40-53)61(46-23-11-3-12-24-46)47-25-13-4-14-26-47)54-41-37-52(38-42-54)62(48-27-15-5-16-28-48)49-29-17-6-18-30-49/h1-42H. The van der Waals surface area contributed by atoms with Crippen molar-refractivity contribution in [1.29, 1.82) is 0 Å². The van der Waals surface area contributed by atoms with Crippen molar-refractivity contribution >= 4 is 51.2 Å². The molecule has 1 aromatic heterocycles. The Morgan fingerprint density at radius 3 is 0.587 bits per heavy atom. The van der Waals surface area contributed by atoms with E-state index in [-0.39, 0.29) is 0 Å². The molecular formula is C57H42N6. The molecule has 300 valence electrons. The van der Waals surface area contributed by atoms with Crippen molar-refractivity contribution in [3.05, 3.63) is 255 Å². The van der Waals surface area contributed by atoms with Crippen molar-refractivity contribution in [2.24, 2.45) is 0 Å². The van der Waals surface area contributed by atoms with Gasteiger partial charge in [-0.25, -0.2) is 15.0 Å². The van der Waals surface area contributed by atoms with Gasteiger partial charge >= 0.3 is 0 Å². The first-order valence-electron chi connectivity index (χ1n) is 21.0. The van der Waals surface area contributed by atoms with Crippen molar-refractivity contribution < 1.29 is 0 Å². The third kappa shape index (κ3) is 8.42. The van der Waals surface area contributed by atoms with Gasteiger partial charge in [-0.2, -0.15) is 0 Å². The van der Waals surface area contributed by atoms with E-state index in [1.807, 2.05) is 84.9 Å². The van der Waals surface area contributed by atoms with Crippen LogP contribution in [0.3, 0.4) is 0 Å². The molecule has 0 amide bonds. The van der Waals surface area contributed by atoms with Gasteiger partial charge in [-0.05, 0) is 121 Å². The molecule has 0 bridgehead atoms. The highest BCUT2D eigenvalue weighted by Crippen LogP contribution is 2.41. The Bertz CT molecular complexity index is 2740. The molecule has 0 aliphatic heterocycles. The summed E-state index contributed by atoms with van der Waals surface area (Å²) in [6.07, 6.45) is 0. The second-order valence-corrected chi connectivity index (χ2v) is 15.0. The van der Waals surface area contributed by atoms with E-state index in [1.165, 1.54) is 0 Å². The number of hydrogen-bond acceptors (Lipinski definition) is 6. The van der Waals surface area contributed by atoms with Gasteiger partial charge in [-0.1, -0.05) is 133 Å². The predicted octanol–water partition coefficient (Wildman–Crippen LogP) is 15.3. The Hall–Kier alpha value is -8.61. The second kappa shape index (κ2) is 17.9. The summed E-state index contributed by atoms with van der Waals surface area (Å²) in [7, 11) is 0. The predicted molar refractivity (Wildman–Crippen MR) is 260 cm³/mol. The van der Waals surface area contributed by atoms with E-state index in [0.29, 0.717) is 17.5 Å². The lowest BCUT2D eigenvalue weighted by Gasteiger charge is -2.29. The molecule has 9 aromatic carbocycles. The van der Waals surface area contributed by atoms with Crippen LogP contribution in [0.2, 0.25) is 0 Å². The first kappa shape index (κ1) is 38.6. The van der Waals surface area contributed by atoms with Crippen LogP contribution in [0.4, 0.5) is 51.2 Å². The molecule has 0 saturated carbocycles. The maximum absolute atomic E-state index is 5.00. The van der Waals surface area contributed by atoms with E-state index in [1.54, 1.807) is 0 Å². The number of benzene rings is 9. The van der Waals surface area contributed by atoms with Gasteiger partial charge in [0.1, 0.15) is 0 Å². The smallest absolute Gasteiger partial charge is 0.164 e. The van der Waals surface area contributed by atoms with Crippen molar-refractivity contribution in [2.45, 2.75) is 0 Å². The molecule has 10 aromatic rings. The van der Waals surface area contributed by atoms with Gasteiger partial charge in [-0.3, -0.25) is 0 Å². The van der Waals surface area contributed by atoms with Gasteiger partial charge in [0.05, 0.1) is 0 Å². The van der Waals surface area contributed by atoms with Crippen LogP contribution >= 0.6 is 0 Å². The highest BCUT2D eigenvalue weighted by Gasteiger charge is 2.19. The van der Waals surface area contributed by atoms with Gasteiger partial charge in [0.15, 0.2) is 17.5 Å². The molecule has 0 atom stereocenters. The van der Waals surface area contributed by atoms with Crippen molar-refractivity contribution in [3.8, 4) is 34.2 Å². The van der Waals surface area contributed by atoms with E-state index in [9.17, 15) is 0 Å². The second-order valence-electron chi connectivity index (χ2n) is 15.0. The zero-order valence-electron chi connectivity index (χ0n) is 34.4. The maximum atomic E-state index is 5.00. The highest BCUT2D eigenvalue weighted by molar-refractivity contribution is 5.84. The lowest BCUT2D eigenvalue weighted by Crippen LogP contribution is -2.13. The fourth-order valence-electron chi connectivity index (χ4n) is 7.85. The van der Waals surface area contributed by atoms with Crippen LogP contribution in [-0.2, 0) is 0 Å². The van der Waals surface area contributed by atoms with Crippen LogP contribution in [-0.4, -0.2) is 15.0 Å². The van der Waals surface area contributed by atoms with Gasteiger partial charge in [0.2, 0.25) is 0 Å². The molecule has 0 saturated heterocycles. The first-order chi connectivity index (χ1) is 31.2. The average Bonchev–Trinajstić information content (AvgIpc) is 3.37. The summed E-state index contributed by atoms with van der Waals surface area (Å²) < 4.78 is 0. The molecule has 0 fully saturated rings. The molecule has 0 aliphatic carbocycles. The van der Waals surface area contributed by atoms with Gasteiger partial charge in [0.25, 0.3) is 0 Å². The SMILES string of the molecule is c1ccc(-c2nc(-c3ccccc3)nc(-c3ccc(N(c4ccc(N(c5ccccc5)c5ccccc5)cc4)c4ccc(N(c5ccccc5)c5ccccc5)cc4)cc3)n2)cc1. The summed E-state index contributed by atoms with van der Waals surface area (Å²) in [4.78, 5) is 21.7. The molecular weight excluding hydrogens is 769 g/mol. The van der Waals surface area contributed by atoms with Crippen LogP contribution in [0.1, 0.15) is 0 Å². The van der Waals surface area contributed by atoms with Crippen molar-refractivity contribution in [3.63, 3.8) is 0 Å². The number of rotatable bonds is 12. The molecule has 0 aliphatic rings. The molecule has 6 nitrogen and oxygen atoms in total. The zero-order valence-corrected chi connectivity index (χ0v) is 34.4. The Balaban J connectivity index is 1.06. The van der Waals surface area contributed by atoms with E-state index < -0.39 is 0 Å². The number of aromatic nitrogens is 3. The quantitative estimate of drug-likeness (QED) is 0.122. The molecule has 10 rings (SSSR count).